The molecule has 2 aromatic carbocycles. The van der Waals surface area contributed by atoms with Gasteiger partial charge in [-0.2, -0.15) is 0 Å². The third kappa shape index (κ3) is 2.48. The predicted octanol–water partition coefficient (Wildman–Crippen LogP) is 3.21. The Labute approximate surface area is 133 Å². The van der Waals surface area contributed by atoms with Crippen molar-refractivity contribution in [1.29, 1.82) is 0 Å². The van der Waals surface area contributed by atoms with Crippen LogP contribution in [0.4, 0.5) is 4.39 Å². The van der Waals surface area contributed by atoms with E-state index in [0.29, 0.717) is 23.2 Å². The zero-order chi connectivity index (χ0) is 16.6. The second kappa shape index (κ2) is 5.83. The molecule has 0 bridgehead atoms. The molecule has 0 radical (unpaired) electrons. The van der Waals surface area contributed by atoms with E-state index in [4.69, 9.17) is 0 Å². The highest BCUT2D eigenvalue weighted by atomic mass is 19.1. The number of carbonyl (C=O) groups excluding carboxylic acids is 1. The molecule has 2 atom stereocenters. The third-order valence-electron chi connectivity index (χ3n) is 4.26. The van der Waals surface area contributed by atoms with Crippen molar-refractivity contribution in [3.8, 4) is 0 Å². The number of hydrogen-bond donors (Lipinski definition) is 1. The largest absolute Gasteiger partial charge is 0.481 e. The zero-order valence-corrected chi connectivity index (χ0v) is 12.6. The van der Waals surface area contributed by atoms with Crippen molar-refractivity contribution in [1.82, 2.24) is 4.90 Å². The van der Waals surface area contributed by atoms with Crippen LogP contribution in [0.1, 0.15) is 40.4 Å². The highest BCUT2D eigenvalue weighted by molar-refractivity contribution is 6.00. The van der Waals surface area contributed by atoms with Gasteiger partial charge >= 0.3 is 5.97 Å². The Kier molecular flexibility index (Phi) is 3.86. The Morgan fingerprint density at radius 2 is 1.83 bits per heavy atom. The van der Waals surface area contributed by atoms with Crippen molar-refractivity contribution in [3.05, 3.63) is 71.0 Å². The van der Waals surface area contributed by atoms with Gasteiger partial charge in [0.2, 0.25) is 0 Å². The summed E-state index contributed by atoms with van der Waals surface area (Å²) < 4.78 is 13.2. The summed E-state index contributed by atoms with van der Waals surface area (Å²) in [5, 5.41) is 9.76. The van der Waals surface area contributed by atoms with Crippen molar-refractivity contribution >= 4 is 11.9 Å². The molecule has 1 N–H and O–H groups in total. The number of fused-ring (bicyclic) bond motifs is 1. The molecular weight excluding hydrogens is 297 g/mol. The van der Waals surface area contributed by atoms with Crippen LogP contribution in [0.2, 0.25) is 0 Å². The minimum Gasteiger partial charge on any atom is -0.481 e. The number of benzene rings is 2. The highest BCUT2D eigenvalue weighted by Gasteiger charge is 2.43. The van der Waals surface area contributed by atoms with Gasteiger partial charge in [0.25, 0.3) is 5.91 Å². The molecule has 0 aromatic heterocycles. The summed E-state index contributed by atoms with van der Waals surface area (Å²) in [7, 11) is 0. The first-order chi connectivity index (χ1) is 11.0. The van der Waals surface area contributed by atoms with E-state index in [2.05, 4.69) is 0 Å². The lowest BCUT2D eigenvalue weighted by molar-refractivity contribution is -0.140. The Morgan fingerprint density at radius 1 is 1.17 bits per heavy atom. The van der Waals surface area contributed by atoms with Crippen LogP contribution in [0.25, 0.3) is 0 Å². The van der Waals surface area contributed by atoms with Crippen LogP contribution >= 0.6 is 0 Å². The van der Waals surface area contributed by atoms with Gasteiger partial charge < -0.3 is 10.0 Å². The van der Waals surface area contributed by atoms with Gasteiger partial charge in [0.05, 0.1) is 6.04 Å². The monoisotopic (exact) mass is 313 g/mol. The maximum absolute atomic E-state index is 13.2. The van der Waals surface area contributed by atoms with Crippen molar-refractivity contribution in [3.63, 3.8) is 0 Å². The molecule has 0 spiro atoms. The maximum atomic E-state index is 13.2. The molecular formula is C18H16FNO3. The first kappa shape index (κ1) is 15.2. The normalized spacial score (nSPS) is 20.3. The summed E-state index contributed by atoms with van der Waals surface area (Å²) in [6, 6.07) is 11.8. The zero-order valence-electron chi connectivity index (χ0n) is 12.6. The Morgan fingerprint density at radius 3 is 2.43 bits per heavy atom. The molecule has 2 aromatic rings. The SMILES string of the molecule is CCN1C(=O)c2ccccc2C(C(=O)O)C1c1ccc(F)cc1. The minimum absolute atomic E-state index is 0.199. The number of carboxylic acid groups (broad SMARTS) is 1. The lowest BCUT2D eigenvalue weighted by Gasteiger charge is -2.40. The lowest BCUT2D eigenvalue weighted by atomic mass is 9.80. The summed E-state index contributed by atoms with van der Waals surface area (Å²) in [5.74, 6) is -2.48. The van der Waals surface area contributed by atoms with Crippen LogP contribution in [-0.2, 0) is 4.79 Å². The van der Waals surface area contributed by atoms with Gasteiger partial charge in [-0.1, -0.05) is 30.3 Å². The van der Waals surface area contributed by atoms with Crippen molar-refractivity contribution in [2.75, 3.05) is 6.54 Å². The molecule has 1 aliphatic heterocycles. The fourth-order valence-corrected chi connectivity index (χ4v) is 3.23. The number of rotatable bonds is 3. The average molecular weight is 313 g/mol. The van der Waals surface area contributed by atoms with E-state index in [9.17, 15) is 19.1 Å². The number of amides is 1. The first-order valence-corrected chi connectivity index (χ1v) is 7.42. The van der Waals surface area contributed by atoms with E-state index in [1.54, 1.807) is 43.3 Å². The molecule has 3 rings (SSSR count). The summed E-state index contributed by atoms with van der Waals surface area (Å²) in [4.78, 5) is 26.2. The number of aliphatic carboxylic acids is 1. The second-order valence-electron chi connectivity index (χ2n) is 5.49. The van der Waals surface area contributed by atoms with E-state index >= 15 is 0 Å². The van der Waals surface area contributed by atoms with Crippen molar-refractivity contribution in [2.45, 2.75) is 18.9 Å². The summed E-state index contributed by atoms with van der Waals surface area (Å²) in [5.41, 5.74) is 1.53. The van der Waals surface area contributed by atoms with Crippen LogP contribution in [-0.4, -0.2) is 28.4 Å². The Hall–Kier alpha value is -2.69. The summed E-state index contributed by atoms with van der Waals surface area (Å²) >= 11 is 0. The maximum Gasteiger partial charge on any atom is 0.313 e. The van der Waals surface area contributed by atoms with Gasteiger partial charge in [-0.3, -0.25) is 9.59 Å². The minimum atomic E-state index is -1.00. The topological polar surface area (TPSA) is 57.6 Å². The van der Waals surface area contributed by atoms with E-state index in [0.717, 1.165) is 0 Å². The molecule has 1 amide bonds. The van der Waals surface area contributed by atoms with Gasteiger partial charge in [0.15, 0.2) is 0 Å². The fraction of sp³-hybridized carbons (Fsp3) is 0.222. The number of halogens is 1. The van der Waals surface area contributed by atoms with Crippen LogP contribution < -0.4 is 0 Å². The smallest absolute Gasteiger partial charge is 0.313 e. The van der Waals surface area contributed by atoms with Crippen molar-refractivity contribution in [2.24, 2.45) is 0 Å². The highest BCUT2D eigenvalue weighted by Crippen LogP contribution is 2.42. The van der Waals surface area contributed by atoms with E-state index in [-0.39, 0.29) is 5.91 Å². The van der Waals surface area contributed by atoms with Crippen molar-refractivity contribution < 1.29 is 19.1 Å². The van der Waals surface area contributed by atoms with Crippen LogP contribution in [0, 0.1) is 5.82 Å². The fourth-order valence-electron chi connectivity index (χ4n) is 3.23. The first-order valence-electron chi connectivity index (χ1n) is 7.42. The van der Waals surface area contributed by atoms with Gasteiger partial charge in [-0.05, 0) is 36.2 Å². The summed E-state index contributed by atoms with van der Waals surface area (Å²) in [6.45, 7) is 2.18. The second-order valence-corrected chi connectivity index (χ2v) is 5.49. The predicted molar refractivity (Wildman–Crippen MR) is 82.7 cm³/mol. The number of carbonyl (C=O) groups is 2. The Bertz CT molecular complexity index is 757. The molecule has 23 heavy (non-hydrogen) atoms. The Balaban J connectivity index is 2.20. The molecule has 1 heterocycles. The number of carboxylic acids is 1. The molecule has 4 nitrogen and oxygen atoms in total. The molecule has 0 aliphatic carbocycles. The number of hydrogen-bond acceptors (Lipinski definition) is 2. The molecule has 0 saturated heterocycles. The third-order valence-corrected chi connectivity index (χ3v) is 4.26. The van der Waals surface area contributed by atoms with E-state index in [1.807, 2.05) is 0 Å². The van der Waals surface area contributed by atoms with Crippen LogP contribution in [0.5, 0.6) is 0 Å². The van der Waals surface area contributed by atoms with E-state index < -0.39 is 23.7 Å². The summed E-state index contributed by atoms with van der Waals surface area (Å²) in [6.07, 6.45) is 0. The quantitative estimate of drug-likeness (QED) is 0.946. The van der Waals surface area contributed by atoms with Gasteiger partial charge in [0, 0.05) is 12.1 Å². The van der Waals surface area contributed by atoms with Gasteiger partial charge in [0.1, 0.15) is 11.7 Å². The van der Waals surface area contributed by atoms with Crippen LogP contribution in [0.15, 0.2) is 48.5 Å². The van der Waals surface area contributed by atoms with Gasteiger partial charge in [-0.25, -0.2) is 4.39 Å². The van der Waals surface area contributed by atoms with Crippen LogP contribution in [0.3, 0.4) is 0 Å². The molecule has 0 saturated carbocycles. The lowest BCUT2D eigenvalue weighted by Crippen LogP contribution is -2.44. The standard InChI is InChI=1S/C18H16FNO3/c1-2-20-16(11-7-9-12(19)10-8-11)15(18(22)23)13-5-3-4-6-14(13)17(20)21/h3-10,15-16H,2H2,1H3,(H,22,23). The molecule has 118 valence electrons. The number of nitrogens with zero attached hydrogens (tertiary/aromatic N) is 1. The van der Waals surface area contributed by atoms with Gasteiger partial charge in [-0.15, -0.1) is 0 Å². The molecule has 2 unspecified atom stereocenters. The van der Waals surface area contributed by atoms with E-state index in [1.165, 1.54) is 17.0 Å². The number of likely N-dealkylation sites (N-methyl/N-ethyl adjacent to an activating group) is 1. The molecule has 0 fully saturated rings. The average Bonchev–Trinajstić information content (AvgIpc) is 2.55. The molecule has 5 heteroatoms. The molecule has 1 aliphatic rings.